The Bertz CT molecular complexity index is 347. The Morgan fingerprint density at radius 1 is 1.22 bits per heavy atom. The molecule has 102 valence electrons. The number of hydrogen-bond donors (Lipinski definition) is 1. The molecule has 18 heavy (non-hydrogen) atoms. The van der Waals surface area contributed by atoms with E-state index < -0.39 is 0 Å². The molecule has 1 unspecified atom stereocenters. The van der Waals surface area contributed by atoms with Gasteiger partial charge in [0.25, 0.3) is 0 Å². The molecule has 0 radical (unpaired) electrons. The maximum atomic E-state index is 6.07. The molecular weight excluding hydrogens is 222 g/mol. The molecule has 1 heterocycles. The van der Waals surface area contributed by atoms with Crippen molar-refractivity contribution in [3.05, 3.63) is 23.9 Å². The van der Waals surface area contributed by atoms with Crippen LogP contribution in [0.2, 0.25) is 0 Å². The van der Waals surface area contributed by atoms with E-state index in [0.717, 1.165) is 31.5 Å². The number of rotatable bonds is 7. The first-order valence-electron chi connectivity index (χ1n) is 7.06. The number of aromatic nitrogens is 1. The van der Waals surface area contributed by atoms with Crippen LogP contribution < -0.4 is 10.6 Å². The van der Waals surface area contributed by atoms with Crippen LogP contribution in [-0.2, 0) is 6.42 Å². The Morgan fingerprint density at radius 3 is 2.44 bits per heavy atom. The van der Waals surface area contributed by atoms with E-state index in [0.29, 0.717) is 6.04 Å². The van der Waals surface area contributed by atoms with Crippen LogP contribution in [0.5, 0.6) is 0 Å². The molecule has 0 saturated carbocycles. The normalized spacial score (nSPS) is 12.8. The summed E-state index contributed by atoms with van der Waals surface area (Å²) in [6.45, 7) is 6.58. The van der Waals surface area contributed by atoms with Gasteiger partial charge in [-0.1, -0.05) is 26.8 Å². The maximum Gasteiger partial charge on any atom is 0.131 e. The molecule has 0 aromatic carbocycles. The van der Waals surface area contributed by atoms with Crippen molar-refractivity contribution < 1.29 is 0 Å². The lowest BCUT2D eigenvalue weighted by molar-refractivity contribution is 0.580. The van der Waals surface area contributed by atoms with E-state index in [1.54, 1.807) is 0 Å². The van der Waals surface area contributed by atoms with Gasteiger partial charge in [0.05, 0.1) is 0 Å². The van der Waals surface area contributed by atoms with E-state index in [-0.39, 0.29) is 6.04 Å². The van der Waals surface area contributed by atoms with Crippen LogP contribution in [0.3, 0.4) is 0 Å². The monoisotopic (exact) mass is 249 g/mol. The zero-order valence-electron chi connectivity index (χ0n) is 12.2. The number of nitrogens with zero attached hydrogens (tertiary/aromatic N) is 2. The number of pyridine rings is 1. The molecular formula is C15H27N3. The summed E-state index contributed by atoms with van der Waals surface area (Å²) in [7, 11) is 2.14. The molecule has 1 aromatic rings. The number of anilines is 1. The smallest absolute Gasteiger partial charge is 0.131 e. The van der Waals surface area contributed by atoms with Crippen molar-refractivity contribution in [2.24, 2.45) is 5.73 Å². The van der Waals surface area contributed by atoms with Crippen LogP contribution in [-0.4, -0.2) is 24.1 Å². The summed E-state index contributed by atoms with van der Waals surface area (Å²) in [6, 6.07) is 4.93. The van der Waals surface area contributed by atoms with Crippen molar-refractivity contribution in [2.75, 3.05) is 11.9 Å². The third kappa shape index (κ3) is 3.70. The maximum absolute atomic E-state index is 6.07. The van der Waals surface area contributed by atoms with Gasteiger partial charge in [-0.15, -0.1) is 0 Å². The second kappa shape index (κ2) is 7.37. The van der Waals surface area contributed by atoms with Crippen molar-refractivity contribution >= 4 is 5.82 Å². The lowest BCUT2D eigenvalue weighted by Crippen LogP contribution is -2.32. The Balaban J connectivity index is 2.93. The summed E-state index contributed by atoms with van der Waals surface area (Å²) < 4.78 is 0. The lowest BCUT2D eigenvalue weighted by atomic mass is 10.0. The van der Waals surface area contributed by atoms with Crippen molar-refractivity contribution in [1.82, 2.24) is 4.98 Å². The lowest BCUT2D eigenvalue weighted by Gasteiger charge is -2.29. The second-order valence-corrected chi connectivity index (χ2v) is 4.94. The minimum Gasteiger partial charge on any atom is -0.356 e. The predicted molar refractivity (Wildman–Crippen MR) is 79.0 cm³/mol. The highest BCUT2D eigenvalue weighted by molar-refractivity contribution is 5.47. The van der Waals surface area contributed by atoms with Gasteiger partial charge in [-0.2, -0.15) is 0 Å². The standard InChI is InChI=1S/C15H27N3/c1-5-13(16)11-12-9-8-10-17-15(12)18(4)14(6-2)7-3/h8-10,13-14H,5-7,11,16H2,1-4H3. The Labute approximate surface area is 111 Å². The van der Waals surface area contributed by atoms with Gasteiger partial charge in [0.2, 0.25) is 0 Å². The van der Waals surface area contributed by atoms with Crippen LogP contribution in [0.4, 0.5) is 5.82 Å². The largest absolute Gasteiger partial charge is 0.356 e. The summed E-state index contributed by atoms with van der Waals surface area (Å²) in [5, 5.41) is 0. The zero-order chi connectivity index (χ0) is 13.5. The number of nitrogens with two attached hydrogens (primary N) is 1. The predicted octanol–water partition coefficient (Wildman–Crippen LogP) is 2.99. The summed E-state index contributed by atoms with van der Waals surface area (Å²) in [5.41, 5.74) is 7.33. The van der Waals surface area contributed by atoms with Crippen molar-refractivity contribution in [3.63, 3.8) is 0 Å². The van der Waals surface area contributed by atoms with Crippen LogP contribution in [0, 0.1) is 0 Å². The Kier molecular flexibility index (Phi) is 6.13. The van der Waals surface area contributed by atoms with Crippen LogP contribution >= 0.6 is 0 Å². The van der Waals surface area contributed by atoms with Gasteiger partial charge >= 0.3 is 0 Å². The molecule has 1 rings (SSSR count). The van der Waals surface area contributed by atoms with Gasteiger partial charge in [-0.25, -0.2) is 4.98 Å². The van der Waals surface area contributed by atoms with Crippen LogP contribution in [0.15, 0.2) is 18.3 Å². The third-order valence-corrected chi connectivity index (χ3v) is 3.70. The molecule has 0 fully saturated rings. The molecule has 0 bridgehead atoms. The zero-order valence-corrected chi connectivity index (χ0v) is 12.2. The highest BCUT2D eigenvalue weighted by atomic mass is 15.2. The highest BCUT2D eigenvalue weighted by Gasteiger charge is 2.16. The van der Waals surface area contributed by atoms with E-state index in [2.05, 4.69) is 43.8 Å². The molecule has 3 nitrogen and oxygen atoms in total. The molecule has 0 saturated heterocycles. The van der Waals surface area contributed by atoms with Gasteiger partial charge in [-0.3, -0.25) is 0 Å². The molecule has 1 atom stereocenters. The van der Waals surface area contributed by atoms with E-state index in [1.165, 1.54) is 5.56 Å². The van der Waals surface area contributed by atoms with E-state index in [9.17, 15) is 0 Å². The van der Waals surface area contributed by atoms with E-state index >= 15 is 0 Å². The summed E-state index contributed by atoms with van der Waals surface area (Å²) >= 11 is 0. The SMILES string of the molecule is CCC(N)Cc1cccnc1N(C)C(CC)CC. The molecule has 0 amide bonds. The molecule has 0 aliphatic rings. The second-order valence-electron chi connectivity index (χ2n) is 4.94. The average Bonchev–Trinajstić information content (AvgIpc) is 2.40. The van der Waals surface area contributed by atoms with Crippen LogP contribution in [0.25, 0.3) is 0 Å². The quantitative estimate of drug-likeness (QED) is 0.807. The average molecular weight is 249 g/mol. The van der Waals surface area contributed by atoms with Gasteiger partial charge in [-0.05, 0) is 37.3 Å². The van der Waals surface area contributed by atoms with Gasteiger partial charge in [0.1, 0.15) is 5.82 Å². The van der Waals surface area contributed by atoms with Crippen molar-refractivity contribution in [1.29, 1.82) is 0 Å². The van der Waals surface area contributed by atoms with E-state index in [4.69, 9.17) is 5.73 Å². The summed E-state index contributed by atoms with van der Waals surface area (Å²) in [4.78, 5) is 6.86. The third-order valence-electron chi connectivity index (χ3n) is 3.70. The molecule has 1 aromatic heterocycles. The Hall–Kier alpha value is -1.09. The molecule has 2 N–H and O–H groups in total. The first-order valence-corrected chi connectivity index (χ1v) is 7.06. The first-order chi connectivity index (χ1) is 8.63. The number of hydrogen-bond acceptors (Lipinski definition) is 3. The molecule has 0 aliphatic heterocycles. The van der Waals surface area contributed by atoms with E-state index in [1.807, 2.05) is 12.3 Å². The highest BCUT2D eigenvalue weighted by Crippen LogP contribution is 2.22. The fourth-order valence-corrected chi connectivity index (χ4v) is 2.34. The van der Waals surface area contributed by atoms with Gasteiger partial charge in [0, 0.05) is 25.3 Å². The minimum atomic E-state index is 0.225. The molecule has 0 aliphatic carbocycles. The summed E-state index contributed by atoms with van der Waals surface area (Å²) in [6.07, 6.45) is 6.06. The Morgan fingerprint density at radius 2 is 1.89 bits per heavy atom. The minimum absolute atomic E-state index is 0.225. The fraction of sp³-hybridized carbons (Fsp3) is 0.667. The fourth-order valence-electron chi connectivity index (χ4n) is 2.34. The van der Waals surface area contributed by atoms with Crippen molar-refractivity contribution in [3.8, 4) is 0 Å². The van der Waals surface area contributed by atoms with Crippen molar-refractivity contribution in [2.45, 2.75) is 58.5 Å². The molecule has 0 spiro atoms. The first kappa shape index (κ1) is 15.0. The topological polar surface area (TPSA) is 42.1 Å². The van der Waals surface area contributed by atoms with Gasteiger partial charge in [0.15, 0.2) is 0 Å². The van der Waals surface area contributed by atoms with Gasteiger partial charge < -0.3 is 10.6 Å². The molecule has 3 heteroatoms. The summed E-state index contributed by atoms with van der Waals surface area (Å²) in [5.74, 6) is 1.09. The van der Waals surface area contributed by atoms with Crippen LogP contribution in [0.1, 0.15) is 45.6 Å².